The molecule has 0 saturated carbocycles. The number of alkyl halides is 1. The minimum atomic E-state index is 0.910. The van der Waals surface area contributed by atoms with Gasteiger partial charge in [-0.1, -0.05) is 15.9 Å². The van der Waals surface area contributed by atoms with Crippen LogP contribution in [0, 0.1) is 0 Å². The average molecular weight is 194 g/mol. The third-order valence-corrected chi connectivity index (χ3v) is 1.76. The molecular weight excluding hydrogens is 182 g/mol. The summed E-state index contributed by atoms with van der Waals surface area (Å²) in [5.74, 6) is 0. The van der Waals surface area contributed by atoms with Crippen LogP contribution in [0.5, 0.6) is 0 Å². The molecule has 54 valence electrons. The second kappa shape index (κ2) is 4.25. The molecule has 2 nitrogen and oxygen atoms in total. The zero-order chi connectivity index (χ0) is 6.53. The molecular formula is C6H12BrNO. The van der Waals surface area contributed by atoms with Gasteiger partial charge in [-0.2, -0.15) is 5.06 Å². The summed E-state index contributed by atoms with van der Waals surface area (Å²) in [6.07, 6.45) is 2.51. The fourth-order valence-electron chi connectivity index (χ4n) is 0.919. The molecule has 0 atom stereocenters. The SMILES string of the molecule is BrCCN1CCCCO1. The Labute approximate surface area is 64.3 Å². The third-order valence-electron chi connectivity index (χ3n) is 1.41. The van der Waals surface area contributed by atoms with Gasteiger partial charge in [-0.3, -0.25) is 4.84 Å². The van der Waals surface area contributed by atoms with Crippen LogP contribution in [0.25, 0.3) is 0 Å². The monoisotopic (exact) mass is 193 g/mol. The highest BCUT2D eigenvalue weighted by Crippen LogP contribution is 2.04. The molecule has 0 N–H and O–H groups in total. The van der Waals surface area contributed by atoms with Crippen molar-refractivity contribution < 1.29 is 4.84 Å². The first kappa shape index (κ1) is 7.51. The zero-order valence-electron chi connectivity index (χ0n) is 5.48. The van der Waals surface area contributed by atoms with Crippen molar-refractivity contribution in [1.82, 2.24) is 5.06 Å². The lowest BCUT2D eigenvalue weighted by atomic mass is 10.3. The number of halogens is 1. The zero-order valence-corrected chi connectivity index (χ0v) is 7.06. The van der Waals surface area contributed by atoms with Crippen molar-refractivity contribution >= 4 is 15.9 Å². The Bertz CT molecular complexity index is 70.7. The van der Waals surface area contributed by atoms with Crippen LogP contribution in [0.15, 0.2) is 0 Å². The van der Waals surface area contributed by atoms with Gasteiger partial charge in [0.2, 0.25) is 0 Å². The van der Waals surface area contributed by atoms with E-state index >= 15 is 0 Å². The van der Waals surface area contributed by atoms with Gasteiger partial charge in [0.1, 0.15) is 0 Å². The van der Waals surface area contributed by atoms with Gasteiger partial charge < -0.3 is 0 Å². The average Bonchev–Trinajstić information content (AvgIpc) is 1.91. The molecule has 1 aliphatic rings. The van der Waals surface area contributed by atoms with Crippen molar-refractivity contribution in [3.63, 3.8) is 0 Å². The van der Waals surface area contributed by atoms with Gasteiger partial charge in [0.25, 0.3) is 0 Å². The van der Waals surface area contributed by atoms with Gasteiger partial charge in [-0.15, -0.1) is 0 Å². The van der Waals surface area contributed by atoms with Crippen molar-refractivity contribution in [2.24, 2.45) is 0 Å². The smallest absolute Gasteiger partial charge is 0.0685 e. The predicted molar refractivity (Wildman–Crippen MR) is 40.6 cm³/mol. The Hall–Kier alpha value is 0.400. The molecule has 1 saturated heterocycles. The Morgan fingerprint density at radius 1 is 1.44 bits per heavy atom. The van der Waals surface area contributed by atoms with Crippen LogP contribution in [0.4, 0.5) is 0 Å². The maximum Gasteiger partial charge on any atom is 0.0685 e. The molecule has 0 amide bonds. The van der Waals surface area contributed by atoms with E-state index in [0.29, 0.717) is 0 Å². The first-order valence-electron chi connectivity index (χ1n) is 3.37. The lowest BCUT2D eigenvalue weighted by molar-refractivity contribution is -0.176. The van der Waals surface area contributed by atoms with Gasteiger partial charge in [0.15, 0.2) is 0 Å². The topological polar surface area (TPSA) is 12.5 Å². The van der Waals surface area contributed by atoms with Gasteiger partial charge in [-0.25, -0.2) is 0 Å². The normalized spacial score (nSPS) is 22.3. The van der Waals surface area contributed by atoms with Crippen LogP contribution in [0.2, 0.25) is 0 Å². The first-order valence-corrected chi connectivity index (χ1v) is 4.49. The second-order valence-corrected chi connectivity index (χ2v) is 2.95. The van der Waals surface area contributed by atoms with E-state index < -0.39 is 0 Å². The van der Waals surface area contributed by atoms with Crippen LogP contribution in [0.1, 0.15) is 12.8 Å². The van der Waals surface area contributed by atoms with Gasteiger partial charge in [0.05, 0.1) is 6.61 Å². The minimum absolute atomic E-state index is 0.910. The minimum Gasteiger partial charge on any atom is -0.299 e. The van der Waals surface area contributed by atoms with Crippen molar-refractivity contribution in [3.8, 4) is 0 Å². The van der Waals surface area contributed by atoms with Crippen molar-refractivity contribution in [2.45, 2.75) is 12.8 Å². The lowest BCUT2D eigenvalue weighted by Crippen LogP contribution is -2.31. The molecule has 1 rings (SSSR count). The van der Waals surface area contributed by atoms with E-state index in [1.165, 1.54) is 12.8 Å². The second-order valence-electron chi connectivity index (χ2n) is 2.16. The summed E-state index contributed by atoms with van der Waals surface area (Å²) in [7, 11) is 0. The summed E-state index contributed by atoms with van der Waals surface area (Å²) >= 11 is 3.36. The Balaban J connectivity index is 2.08. The maximum atomic E-state index is 5.32. The molecule has 3 heteroatoms. The molecule has 0 spiro atoms. The standard InChI is InChI=1S/C6H12BrNO/c7-3-5-8-4-1-2-6-9-8/h1-6H2. The quantitative estimate of drug-likeness (QED) is 0.616. The summed E-state index contributed by atoms with van der Waals surface area (Å²) in [5, 5.41) is 3.03. The molecule has 0 aromatic heterocycles. The summed E-state index contributed by atoms with van der Waals surface area (Å²) < 4.78 is 0. The molecule has 1 aliphatic heterocycles. The molecule has 0 aliphatic carbocycles. The van der Waals surface area contributed by atoms with Crippen LogP contribution < -0.4 is 0 Å². The van der Waals surface area contributed by atoms with Crippen LogP contribution >= 0.6 is 15.9 Å². The van der Waals surface area contributed by atoms with E-state index in [2.05, 4.69) is 15.9 Å². The van der Waals surface area contributed by atoms with E-state index in [9.17, 15) is 0 Å². The molecule has 0 aromatic rings. The largest absolute Gasteiger partial charge is 0.299 e. The Morgan fingerprint density at radius 2 is 2.33 bits per heavy atom. The van der Waals surface area contributed by atoms with E-state index in [1.807, 2.05) is 5.06 Å². The van der Waals surface area contributed by atoms with Crippen molar-refractivity contribution in [3.05, 3.63) is 0 Å². The molecule has 1 fully saturated rings. The number of hydrogen-bond acceptors (Lipinski definition) is 2. The maximum absolute atomic E-state index is 5.32. The first-order chi connectivity index (χ1) is 4.43. The highest BCUT2D eigenvalue weighted by molar-refractivity contribution is 9.09. The van der Waals surface area contributed by atoms with Crippen molar-refractivity contribution in [2.75, 3.05) is 25.0 Å². The highest BCUT2D eigenvalue weighted by Gasteiger charge is 2.08. The highest BCUT2D eigenvalue weighted by atomic mass is 79.9. The predicted octanol–water partition coefficient (Wildman–Crippen LogP) is 1.41. The number of hydroxylamine groups is 2. The van der Waals surface area contributed by atoms with Gasteiger partial charge >= 0.3 is 0 Å². The summed E-state index contributed by atoms with van der Waals surface area (Å²) in [6.45, 7) is 3.03. The molecule has 0 aromatic carbocycles. The number of rotatable bonds is 2. The molecule has 0 bridgehead atoms. The van der Waals surface area contributed by atoms with Crippen LogP contribution in [-0.4, -0.2) is 30.1 Å². The molecule has 1 heterocycles. The lowest BCUT2D eigenvalue weighted by Gasteiger charge is -2.24. The van der Waals surface area contributed by atoms with Crippen molar-refractivity contribution in [1.29, 1.82) is 0 Å². The molecule has 9 heavy (non-hydrogen) atoms. The fraction of sp³-hybridized carbons (Fsp3) is 1.00. The van der Waals surface area contributed by atoms with E-state index in [0.717, 1.165) is 25.0 Å². The summed E-state index contributed by atoms with van der Waals surface area (Å²) in [4.78, 5) is 5.32. The third kappa shape index (κ3) is 2.65. The summed E-state index contributed by atoms with van der Waals surface area (Å²) in [5.41, 5.74) is 0. The number of nitrogens with zero attached hydrogens (tertiary/aromatic N) is 1. The Kier molecular flexibility index (Phi) is 3.55. The van der Waals surface area contributed by atoms with E-state index in [-0.39, 0.29) is 0 Å². The number of hydrogen-bond donors (Lipinski definition) is 0. The summed E-state index contributed by atoms with van der Waals surface area (Å²) in [6, 6.07) is 0. The van der Waals surface area contributed by atoms with Gasteiger partial charge in [0, 0.05) is 18.4 Å². The van der Waals surface area contributed by atoms with Gasteiger partial charge in [-0.05, 0) is 12.8 Å². The van der Waals surface area contributed by atoms with E-state index in [4.69, 9.17) is 4.84 Å². The molecule has 0 unspecified atom stereocenters. The molecule has 0 radical (unpaired) electrons. The van der Waals surface area contributed by atoms with Crippen LogP contribution in [-0.2, 0) is 4.84 Å². The van der Waals surface area contributed by atoms with Crippen LogP contribution in [0.3, 0.4) is 0 Å². The van der Waals surface area contributed by atoms with E-state index in [1.54, 1.807) is 0 Å². The Morgan fingerprint density at radius 3 is 2.89 bits per heavy atom. The fourth-order valence-corrected chi connectivity index (χ4v) is 1.31.